The molecule has 0 saturated carbocycles. The van der Waals surface area contributed by atoms with Gasteiger partial charge in [-0.15, -0.1) is 11.3 Å². The lowest BCUT2D eigenvalue weighted by molar-refractivity contribution is -0.119. The van der Waals surface area contributed by atoms with Crippen LogP contribution in [0.3, 0.4) is 0 Å². The summed E-state index contributed by atoms with van der Waals surface area (Å²) in [5, 5.41) is 5.06. The smallest absolute Gasteiger partial charge is 0.374 e. The van der Waals surface area contributed by atoms with Crippen molar-refractivity contribution in [3.05, 3.63) is 64.0 Å². The Balaban J connectivity index is 1.68. The monoisotopic (exact) mass is 488 g/mol. The van der Waals surface area contributed by atoms with Gasteiger partial charge in [-0.25, -0.2) is 14.0 Å². The number of esters is 2. The van der Waals surface area contributed by atoms with Gasteiger partial charge in [-0.1, -0.05) is 0 Å². The minimum atomic E-state index is -0.887. The van der Waals surface area contributed by atoms with E-state index in [1.54, 1.807) is 13.8 Å². The van der Waals surface area contributed by atoms with Gasteiger partial charge in [0.05, 0.1) is 17.0 Å². The number of thiophene rings is 1. The van der Waals surface area contributed by atoms with Gasteiger partial charge in [0.15, 0.2) is 6.61 Å². The molecule has 1 aromatic carbocycles. The van der Waals surface area contributed by atoms with E-state index in [0.29, 0.717) is 16.9 Å². The molecular weight excluding hydrogens is 467 g/mol. The first-order valence-corrected chi connectivity index (χ1v) is 10.9. The lowest BCUT2D eigenvalue weighted by Gasteiger charge is -2.07. The van der Waals surface area contributed by atoms with Gasteiger partial charge in [0, 0.05) is 12.6 Å². The molecule has 0 fully saturated rings. The van der Waals surface area contributed by atoms with Crippen LogP contribution in [0, 0.1) is 12.7 Å². The maximum absolute atomic E-state index is 13.1. The van der Waals surface area contributed by atoms with Crippen LogP contribution in [0.5, 0.6) is 0 Å². The van der Waals surface area contributed by atoms with Crippen LogP contribution < -0.4 is 10.6 Å². The predicted octanol–water partition coefficient (Wildman–Crippen LogP) is 3.79. The van der Waals surface area contributed by atoms with Crippen LogP contribution in [0.4, 0.5) is 9.39 Å². The molecule has 2 aromatic heterocycles. The first-order valence-electron chi connectivity index (χ1n) is 10.1. The number of hydrogen-bond acceptors (Lipinski definition) is 8. The fraction of sp³-hybridized carbons (Fsp3) is 0.217. The predicted molar refractivity (Wildman–Crippen MR) is 121 cm³/mol. The molecule has 2 heterocycles. The van der Waals surface area contributed by atoms with Crippen molar-refractivity contribution in [1.29, 1.82) is 0 Å². The Labute approximate surface area is 197 Å². The van der Waals surface area contributed by atoms with Crippen LogP contribution in [0.1, 0.15) is 43.1 Å². The molecule has 0 saturated heterocycles. The molecule has 0 spiro atoms. The summed E-state index contributed by atoms with van der Waals surface area (Å²) >= 11 is 0.903. The molecule has 2 N–H and O–H groups in total. The molecule has 3 aromatic rings. The summed E-state index contributed by atoms with van der Waals surface area (Å²) in [4.78, 5) is 49.4. The van der Waals surface area contributed by atoms with Gasteiger partial charge in [0.2, 0.25) is 5.76 Å². The summed E-state index contributed by atoms with van der Waals surface area (Å²) in [6, 6.07) is 8.39. The van der Waals surface area contributed by atoms with E-state index in [0.717, 1.165) is 11.3 Å². The Hall–Kier alpha value is -3.99. The SMILES string of the molecule is CCOC(=O)c1c(NC(=O)COC(=O)c2ccc(-c3ccc(F)cc3)o2)sc(C(=O)NC)c1C. The van der Waals surface area contributed by atoms with Gasteiger partial charge in [-0.3, -0.25) is 9.59 Å². The van der Waals surface area contributed by atoms with Crippen LogP contribution in [-0.2, 0) is 14.3 Å². The van der Waals surface area contributed by atoms with Crippen molar-refractivity contribution in [2.75, 3.05) is 25.6 Å². The highest BCUT2D eigenvalue weighted by molar-refractivity contribution is 7.18. The van der Waals surface area contributed by atoms with Gasteiger partial charge < -0.3 is 24.5 Å². The van der Waals surface area contributed by atoms with Crippen molar-refractivity contribution in [1.82, 2.24) is 5.32 Å². The molecule has 0 aliphatic heterocycles. The Kier molecular flexibility index (Phi) is 7.79. The largest absolute Gasteiger partial charge is 0.462 e. The Morgan fingerprint density at radius 3 is 2.38 bits per heavy atom. The van der Waals surface area contributed by atoms with Crippen LogP contribution in [0.25, 0.3) is 11.3 Å². The van der Waals surface area contributed by atoms with Crippen LogP contribution in [-0.4, -0.2) is 44.0 Å². The van der Waals surface area contributed by atoms with E-state index in [2.05, 4.69) is 10.6 Å². The Morgan fingerprint density at radius 2 is 1.74 bits per heavy atom. The van der Waals surface area contributed by atoms with Crippen LogP contribution in [0.15, 0.2) is 40.8 Å². The molecule has 0 aliphatic carbocycles. The van der Waals surface area contributed by atoms with E-state index in [1.165, 1.54) is 43.4 Å². The standard InChI is InChI=1S/C23H21FN2O7S/c1-4-31-23(30)18-12(2)19(20(28)25-3)34-21(18)26-17(27)11-32-22(29)16-10-9-15(33-16)13-5-7-14(24)8-6-13/h5-10H,4,11H2,1-3H3,(H,25,28)(H,26,27). The van der Waals surface area contributed by atoms with Crippen molar-refractivity contribution in [2.24, 2.45) is 0 Å². The summed E-state index contributed by atoms with van der Waals surface area (Å²) in [7, 11) is 1.44. The van der Waals surface area contributed by atoms with Gasteiger partial charge >= 0.3 is 11.9 Å². The third-order valence-electron chi connectivity index (χ3n) is 4.58. The number of halogens is 1. The topological polar surface area (TPSA) is 124 Å². The second kappa shape index (κ2) is 10.8. The number of rotatable bonds is 8. The highest BCUT2D eigenvalue weighted by Gasteiger charge is 2.26. The number of hydrogen-bond donors (Lipinski definition) is 2. The number of carbonyl (C=O) groups is 4. The maximum Gasteiger partial charge on any atom is 0.374 e. The highest BCUT2D eigenvalue weighted by Crippen LogP contribution is 2.33. The molecule has 34 heavy (non-hydrogen) atoms. The summed E-state index contributed by atoms with van der Waals surface area (Å²) in [6.45, 7) is 2.64. The minimum absolute atomic E-state index is 0.0556. The van der Waals surface area contributed by atoms with E-state index < -0.39 is 36.2 Å². The third-order valence-corrected chi connectivity index (χ3v) is 5.79. The number of anilines is 1. The molecule has 0 atom stereocenters. The van der Waals surface area contributed by atoms with Gasteiger partial charge in [-0.2, -0.15) is 0 Å². The first kappa shape index (κ1) is 24.6. The molecule has 0 bridgehead atoms. The fourth-order valence-corrected chi connectivity index (χ4v) is 4.12. The van der Waals surface area contributed by atoms with Gasteiger partial charge in [0.1, 0.15) is 16.6 Å². The molecule has 0 aliphatic rings. The van der Waals surface area contributed by atoms with Gasteiger partial charge in [-0.05, 0) is 55.8 Å². The normalized spacial score (nSPS) is 10.5. The quantitative estimate of drug-likeness (QED) is 0.462. The van der Waals surface area contributed by atoms with Gasteiger partial charge in [0.25, 0.3) is 11.8 Å². The van der Waals surface area contributed by atoms with E-state index >= 15 is 0 Å². The van der Waals surface area contributed by atoms with E-state index in [1.807, 2.05) is 0 Å². The van der Waals surface area contributed by atoms with Crippen LogP contribution in [0.2, 0.25) is 0 Å². The number of nitrogens with one attached hydrogen (secondary N) is 2. The second-order valence-corrected chi connectivity index (χ2v) is 7.88. The lowest BCUT2D eigenvalue weighted by Crippen LogP contribution is -2.21. The van der Waals surface area contributed by atoms with E-state index in [4.69, 9.17) is 13.9 Å². The zero-order valence-electron chi connectivity index (χ0n) is 18.5. The maximum atomic E-state index is 13.1. The number of amides is 2. The molecule has 3 rings (SSSR count). The molecular formula is C23H21FN2O7S. The summed E-state index contributed by atoms with van der Waals surface area (Å²) in [5.74, 6) is -2.95. The number of furan rings is 1. The average molecular weight is 488 g/mol. The average Bonchev–Trinajstić information content (AvgIpc) is 3.43. The number of benzene rings is 1. The summed E-state index contributed by atoms with van der Waals surface area (Å²) in [6.07, 6.45) is 0. The van der Waals surface area contributed by atoms with Crippen molar-refractivity contribution < 1.29 is 37.5 Å². The summed E-state index contributed by atoms with van der Waals surface area (Å²) < 4.78 is 28.5. The molecule has 2 amide bonds. The second-order valence-electron chi connectivity index (χ2n) is 6.86. The highest BCUT2D eigenvalue weighted by atomic mass is 32.1. The molecule has 0 unspecified atom stereocenters. The third kappa shape index (κ3) is 5.49. The lowest BCUT2D eigenvalue weighted by atomic mass is 10.1. The van der Waals surface area contributed by atoms with Crippen molar-refractivity contribution in [2.45, 2.75) is 13.8 Å². The summed E-state index contributed by atoms with van der Waals surface area (Å²) in [5.41, 5.74) is 0.976. The molecule has 178 valence electrons. The minimum Gasteiger partial charge on any atom is -0.462 e. The molecule has 11 heteroatoms. The van der Waals surface area contributed by atoms with E-state index in [9.17, 15) is 23.6 Å². The number of carbonyl (C=O) groups excluding carboxylic acids is 4. The zero-order valence-corrected chi connectivity index (χ0v) is 19.3. The molecule has 0 radical (unpaired) electrons. The van der Waals surface area contributed by atoms with Crippen LogP contribution >= 0.6 is 11.3 Å². The molecule has 9 nitrogen and oxygen atoms in total. The van der Waals surface area contributed by atoms with Crippen molar-refractivity contribution >= 4 is 40.1 Å². The zero-order chi connectivity index (χ0) is 24.8. The Bertz CT molecular complexity index is 1230. The fourth-order valence-electron chi connectivity index (χ4n) is 2.96. The van der Waals surface area contributed by atoms with Crippen molar-refractivity contribution in [3.8, 4) is 11.3 Å². The van der Waals surface area contributed by atoms with Crippen molar-refractivity contribution in [3.63, 3.8) is 0 Å². The first-order chi connectivity index (χ1) is 16.2. The van der Waals surface area contributed by atoms with E-state index in [-0.39, 0.29) is 27.8 Å². The Morgan fingerprint density at radius 1 is 1.03 bits per heavy atom. The number of ether oxygens (including phenoxy) is 2.